The summed E-state index contributed by atoms with van der Waals surface area (Å²) in [6.45, 7) is 3.32. The lowest BCUT2D eigenvalue weighted by molar-refractivity contribution is -0.144. The molecule has 1 atom stereocenters. The van der Waals surface area contributed by atoms with Gasteiger partial charge in [-0.1, -0.05) is 6.92 Å². The lowest BCUT2D eigenvalue weighted by Gasteiger charge is -2.09. The number of hydrogen-bond donors (Lipinski definition) is 1. The van der Waals surface area contributed by atoms with E-state index in [1.165, 1.54) is 12.7 Å². The zero-order valence-electron chi connectivity index (χ0n) is 8.45. The summed E-state index contributed by atoms with van der Waals surface area (Å²) >= 11 is 1.68. The van der Waals surface area contributed by atoms with Gasteiger partial charge >= 0.3 is 5.97 Å². The number of carbonyl (C=O) groups is 1. The minimum absolute atomic E-state index is 0.0846. The van der Waals surface area contributed by atoms with E-state index in [1.807, 2.05) is 12.3 Å². The van der Waals surface area contributed by atoms with Gasteiger partial charge in [0.05, 0.1) is 13.0 Å². The van der Waals surface area contributed by atoms with Crippen LogP contribution in [0, 0.1) is 5.92 Å². The third kappa shape index (κ3) is 3.47. The summed E-state index contributed by atoms with van der Waals surface area (Å²) < 4.78 is 4.62. The molecule has 0 aliphatic rings. The van der Waals surface area contributed by atoms with Gasteiger partial charge in [0, 0.05) is 13.1 Å². The molecule has 0 aliphatic carbocycles. The van der Waals surface area contributed by atoms with Crippen LogP contribution in [-0.4, -0.2) is 19.6 Å². The van der Waals surface area contributed by atoms with Gasteiger partial charge in [0.1, 0.15) is 0 Å². The molecule has 1 rings (SSSR count). The second kappa shape index (κ2) is 5.78. The predicted octanol–water partition coefficient (Wildman–Crippen LogP) is 1.65. The Morgan fingerprint density at radius 2 is 2.50 bits per heavy atom. The van der Waals surface area contributed by atoms with E-state index in [2.05, 4.69) is 21.5 Å². The first kappa shape index (κ1) is 11.2. The predicted molar refractivity (Wildman–Crippen MR) is 57.2 cm³/mol. The second-order valence-electron chi connectivity index (χ2n) is 3.19. The standard InChI is InChI=1S/C10H15NO2S/c1-8(10(12)13-2)5-11-6-9-3-4-14-7-9/h3-4,7-8,11H,5-6H2,1-2H3. The summed E-state index contributed by atoms with van der Waals surface area (Å²) in [5, 5.41) is 7.34. The molecule has 0 bridgehead atoms. The van der Waals surface area contributed by atoms with Crippen molar-refractivity contribution >= 4 is 17.3 Å². The van der Waals surface area contributed by atoms with Crippen molar-refractivity contribution in [2.24, 2.45) is 5.92 Å². The van der Waals surface area contributed by atoms with Crippen molar-refractivity contribution in [2.45, 2.75) is 13.5 Å². The van der Waals surface area contributed by atoms with Crippen LogP contribution in [0.4, 0.5) is 0 Å². The van der Waals surface area contributed by atoms with Gasteiger partial charge in [-0.3, -0.25) is 4.79 Å². The molecule has 0 saturated carbocycles. The fourth-order valence-corrected chi connectivity index (χ4v) is 1.78. The molecule has 0 radical (unpaired) electrons. The maximum Gasteiger partial charge on any atom is 0.309 e. The highest BCUT2D eigenvalue weighted by atomic mass is 32.1. The molecule has 78 valence electrons. The number of carbonyl (C=O) groups excluding carboxylic acids is 1. The maximum atomic E-state index is 11.0. The molecule has 14 heavy (non-hydrogen) atoms. The normalized spacial score (nSPS) is 12.4. The summed E-state index contributed by atoms with van der Waals surface area (Å²) in [7, 11) is 1.41. The van der Waals surface area contributed by atoms with E-state index in [1.54, 1.807) is 11.3 Å². The van der Waals surface area contributed by atoms with Crippen LogP contribution in [0.1, 0.15) is 12.5 Å². The molecule has 0 spiro atoms. The highest BCUT2D eigenvalue weighted by molar-refractivity contribution is 7.07. The second-order valence-corrected chi connectivity index (χ2v) is 3.97. The Labute approximate surface area is 88.1 Å². The lowest BCUT2D eigenvalue weighted by atomic mass is 10.2. The molecule has 1 N–H and O–H groups in total. The van der Waals surface area contributed by atoms with Crippen molar-refractivity contribution in [3.8, 4) is 0 Å². The van der Waals surface area contributed by atoms with Gasteiger partial charge < -0.3 is 10.1 Å². The fourth-order valence-electron chi connectivity index (χ4n) is 1.11. The first-order valence-electron chi connectivity index (χ1n) is 4.53. The Morgan fingerprint density at radius 1 is 1.71 bits per heavy atom. The molecule has 0 saturated heterocycles. The van der Waals surface area contributed by atoms with Crippen LogP contribution < -0.4 is 5.32 Å². The first-order valence-corrected chi connectivity index (χ1v) is 5.48. The van der Waals surface area contributed by atoms with Crippen LogP contribution in [0.5, 0.6) is 0 Å². The average molecular weight is 213 g/mol. The molecule has 0 aliphatic heterocycles. The van der Waals surface area contributed by atoms with Gasteiger partial charge in [0.25, 0.3) is 0 Å². The van der Waals surface area contributed by atoms with E-state index in [9.17, 15) is 4.79 Å². The summed E-state index contributed by atoms with van der Waals surface area (Å²) in [6.07, 6.45) is 0. The molecule has 0 fully saturated rings. The maximum absolute atomic E-state index is 11.0. The molecular formula is C10H15NO2S. The number of rotatable bonds is 5. The minimum atomic E-state index is -0.164. The Bertz CT molecular complexity index is 272. The van der Waals surface area contributed by atoms with E-state index in [4.69, 9.17) is 0 Å². The smallest absolute Gasteiger partial charge is 0.309 e. The van der Waals surface area contributed by atoms with E-state index >= 15 is 0 Å². The van der Waals surface area contributed by atoms with E-state index in [0.717, 1.165) is 6.54 Å². The fraction of sp³-hybridized carbons (Fsp3) is 0.500. The van der Waals surface area contributed by atoms with E-state index in [0.29, 0.717) is 6.54 Å². The van der Waals surface area contributed by atoms with Crippen molar-refractivity contribution in [3.05, 3.63) is 22.4 Å². The van der Waals surface area contributed by atoms with E-state index in [-0.39, 0.29) is 11.9 Å². The number of thiophene rings is 1. The Hall–Kier alpha value is -0.870. The van der Waals surface area contributed by atoms with Crippen molar-refractivity contribution < 1.29 is 9.53 Å². The summed E-state index contributed by atoms with van der Waals surface area (Å²) in [5.74, 6) is -0.249. The van der Waals surface area contributed by atoms with Crippen molar-refractivity contribution in [3.63, 3.8) is 0 Å². The molecule has 1 aromatic heterocycles. The molecule has 4 heteroatoms. The summed E-state index contributed by atoms with van der Waals surface area (Å²) in [6, 6.07) is 2.07. The van der Waals surface area contributed by atoms with Crippen LogP contribution in [0.15, 0.2) is 16.8 Å². The van der Waals surface area contributed by atoms with Crippen LogP contribution in [0.3, 0.4) is 0 Å². The molecule has 0 amide bonds. The third-order valence-corrected chi connectivity index (χ3v) is 2.70. The Balaban J connectivity index is 2.18. The van der Waals surface area contributed by atoms with Crippen molar-refractivity contribution in [2.75, 3.05) is 13.7 Å². The lowest BCUT2D eigenvalue weighted by Crippen LogP contribution is -2.26. The first-order chi connectivity index (χ1) is 6.74. The monoisotopic (exact) mass is 213 g/mol. The largest absolute Gasteiger partial charge is 0.469 e. The Morgan fingerprint density at radius 3 is 3.07 bits per heavy atom. The van der Waals surface area contributed by atoms with Gasteiger partial charge in [-0.15, -0.1) is 0 Å². The number of esters is 1. The van der Waals surface area contributed by atoms with Crippen molar-refractivity contribution in [1.29, 1.82) is 0 Å². The van der Waals surface area contributed by atoms with Crippen LogP contribution in [-0.2, 0) is 16.1 Å². The van der Waals surface area contributed by atoms with Gasteiger partial charge in [-0.25, -0.2) is 0 Å². The van der Waals surface area contributed by atoms with Gasteiger partial charge in [-0.05, 0) is 22.4 Å². The zero-order valence-corrected chi connectivity index (χ0v) is 9.26. The van der Waals surface area contributed by atoms with Crippen LogP contribution >= 0.6 is 11.3 Å². The van der Waals surface area contributed by atoms with Crippen LogP contribution in [0.25, 0.3) is 0 Å². The summed E-state index contributed by atoms with van der Waals surface area (Å²) in [4.78, 5) is 11.0. The molecular weight excluding hydrogens is 198 g/mol. The van der Waals surface area contributed by atoms with Gasteiger partial charge in [-0.2, -0.15) is 11.3 Å². The SMILES string of the molecule is COC(=O)C(C)CNCc1ccsc1. The number of hydrogen-bond acceptors (Lipinski definition) is 4. The van der Waals surface area contributed by atoms with Gasteiger partial charge in [0.2, 0.25) is 0 Å². The van der Waals surface area contributed by atoms with Crippen molar-refractivity contribution in [1.82, 2.24) is 5.32 Å². The quantitative estimate of drug-likeness (QED) is 0.756. The van der Waals surface area contributed by atoms with E-state index < -0.39 is 0 Å². The number of ether oxygens (including phenoxy) is 1. The summed E-state index contributed by atoms with van der Waals surface area (Å²) in [5.41, 5.74) is 1.26. The number of methoxy groups -OCH3 is 1. The number of nitrogens with one attached hydrogen (secondary N) is 1. The molecule has 0 aromatic carbocycles. The Kier molecular flexibility index (Phi) is 4.62. The molecule has 3 nitrogen and oxygen atoms in total. The zero-order chi connectivity index (χ0) is 10.4. The topological polar surface area (TPSA) is 38.3 Å². The van der Waals surface area contributed by atoms with Crippen LogP contribution in [0.2, 0.25) is 0 Å². The highest BCUT2D eigenvalue weighted by Crippen LogP contribution is 2.05. The molecule has 1 aromatic rings. The van der Waals surface area contributed by atoms with Gasteiger partial charge in [0.15, 0.2) is 0 Å². The average Bonchev–Trinajstić information content (AvgIpc) is 2.69. The molecule has 1 unspecified atom stereocenters. The highest BCUT2D eigenvalue weighted by Gasteiger charge is 2.11. The minimum Gasteiger partial charge on any atom is -0.469 e. The third-order valence-electron chi connectivity index (χ3n) is 1.96. The molecule has 1 heterocycles.